The molecule has 0 atom stereocenters. The van der Waals surface area contributed by atoms with Crippen LogP contribution in [0.5, 0.6) is 0 Å². The molecule has 0 aliphatic heterocycles. The van der Waals surface area contributed by atoms with Gasteiger partial charge in [-0.05, 0) is 33.8 Å². The molecular formula is C6H3ClN2S. The number of nitrogens with zero attached hydrogens (tertiary/aromatic N) is 2. The Hall–Kier alpha value is -0.720. The molecule has 10 heavy (non-hydrogen) atoms. The minimum Gasteiger partial charge on any atom is -0.244 e. The van der Waals surface area contributed by atoms with Gasteiger partial charge in [-0.2, -0.15) is 5.26 Å². The molecule has 1 aromatic heterocycles. The summed E-state index contributed by atoms with van der Waals surface area (Å²) in [5.74, 6) is 0. The van der Waals surface area contributed by atoms with Gasteiger partial charge < -0.3 is 0 Å². The Kier molecular flexibility index (Phi) is 2.55. The van der Waals surface area contributed by atoms with Gasteiger partial charge in [0.25, 0.3) is 0 Å². The molecule has 1 heterocycles. The third kappa shape index (κ3) is 1.63. The number of pyridine rings is 1. The Balaban J connectivity index is 2.93. The summed E-state index contributed by atoms with van der Waals surface area (Å²) in [7, 11) is 6.50. The lowest BCUT2D eigenvalue weighted by Crippen LogP contribution is -1.79. The monoisotopic (exact) mass is 170 g/mol. The maximum Gasteiger partial charge on any atom is 0.140 e. The van der Waals surface area contributed by atoms with Crippen molar-refractivity contribution >= 4 is 21.7 Å². The fourth-order valence-electron chi connectivity index (χ4n) is 0.492. The lowest BCUT2D eigenvalue weighted by atomic mass is 10.4. The van der Waals surface area contributed by atoms with Gasteiger partial charge in [-0.15, -0.1) is 0 Å². The summed E-state index contributed by atoms with van der Waals surface area (Å²) in [4.78, 5) is 4.65. The fourth-order valence-corrected chi connectivity index (χ4v) is 0.978. The molecule has 0 spiro atoms. The van der Waals surface area contributed by atoms with E-state index in [1.807, 2.05) is 6.07 Å². The highest BCUT2D eigenvalue weighted by molar-refractivity contribution is 8.21. The summed E-state index contributed by atoms with van der Waals surface area (Å²) in [6.07, 6.45) is 1.57. The molecule has 0 saturated heterocycles. The van der Waals surface area contributed by atoms with Crippen LogP contribution in [-0.2, 0) is 0 Å². The summed E-state index contributed by atoms with van der Waals surface area (Å²) in [5.41, 5.74) is 0.412. The zero-order chi connectivity index (χ0) is 7.40. The van der Waals surface area contributed by atoms with Crippen LogP contribution in [0.15, 0.2) is 23.2 Å². The highest BCUT2D eigenvalue weighted by Gasteiger charge is 1.91. The second-order valence-electron chi connectivity index (χ2n) is 1.57. The molecule has 0 saturated carbocycles. The van der Waals surface area contributed by atoms with E-state index in [0.29, 0.717) is 5.69 Å². The van der Waals surface area contributed by atoms with E-state index in [1.54, 1.807) is 18.3 Å². The first-order valence-electron chi connectivity index (χ1n) is 2.51. The van der Waals surface area contributed by atoms with Gasteiger partial charge >= 0.3 is 0 Å². The van der Waals surface area contributed by atoms with Crippen molar-refractivity contribution in [2.24, 2.45) is 0 Å². The lowest BCUT2D eigenvalue weighted by molar-refractivity contribution is 1.20. The van der Waals surface area contributed by atoms with Gasteiger partial charge in [0.1, 0.15) is 11.8 Å². The quantitative estimate of drug-likeness (QED) is 0.649. The van der Waals surface area contributed by atoms with Crippen LogP contribution in [0.2, 0.25) is 0 Å². The van der Waals surface area contributed by atoms with Gasteiger partial charge in [-0.25, -0.2) is 4.98 Å². The van der Waals surface area contributed by atoms with Crippen molar-refractivity contribution in [3.8, 4) is 6.07 Å². The van der Waals surface area contributed by atoms with Crippen LogP contribution in [0.25, 0.3) is 0 Å². The van der Waals surface area contributed by atoms with Crippen LogP contribution in [0.3, 0.4) is 0 Å². The van der Waals surface area contributed by atoms with Crippen molar-refractivity contribution in [3.63, 3.8) is 0 Å². The molecule has 0 N–H and O–H groups in total. The van der Waals surface area contributed by atoms with Gasteiger partial charge in [-0.3, -0.25) is 0 Å². The molecule has 4 heteroatoms. The molecule has 2 nitrogen and oxygen atoms in total. The van der Waals surface area contributed by atoms with Crippen LogP contribution in [0, 0.1) is 11.3 Å². The zero-order valence-corrected chi connectivity index (χ0v) is 6.49. The lowest BCUT2D eigenvalue weighted by Gasteiger charge is -1.89. The predicted octanol–water partition coefficient (Wildman–Crippen LogP) is 2.20. The molecule has 0 bridgehead atoms. The average molecular weight is 171 g/mol. The molecule has 0 aliphatic rings. The van der Waals surface area contributed by atoms with Gasteiger partial charge in [0.15, 0.2) is 0 Å². The number of hydrogen-bond acceptors (Lipinski definition) is 3. The molecule has 0 aromatic carbocycles. The third-order valence-electron chi connectivity index (χ3n) is 0.940. The van der Waals surface area contributed by atoms with Crippen molar-refractivity contribution in [2.75, 3.05) is 0 Å². The third-order valence-corrected chi connectivity index (χ3v) is 1.89. The average Bonchev–Trinajstić information content (AvgIpc) is 2.05. The van der Waals surface area contributed by atoms with Crippen molar-refractivity contribution in [3.05, 3.63) is 24.0 Å². The highest BCUT2D eigenvalue weighted by atomic mass is 35.7. The maximum atomic E-state index is 8.35. The van der Waals surface area contributed by atoms with Crippen molar-refractivity contribution < 1.29 is 0 Å². The molecular weight excluding hydrogens is 168 g/mol. The summed E-state index contributed by atoms with van der Waals surface area (Å²) < 4.78 is 0. The summed E-state index contributed by atoms with van der Waals surface area (Å²) in [5, 5.41) is 8.35. The summed E-state index contributed by atoms with van der Waals surface area (Å²) in [6, 6.07) is 5.30. The van der Waals surface area contributed by atoms with Crippen LogP contribution in [-0.4, -0.2) is 4.98 Å². The van der Waals surface area contributed by atoms with Crippen LogP contribution in [0.4, 0.5) is 0 Å². The van der Waals surface area contributed by atoms with E-state index in [2.05, 4.69) is 4.98 Å². The van der Waals surface area contributed by atoms with E-state index in [1.165, 1.54) is 0 Å². The molecule has 50 valence electrons. The molecule has 1 aromatic rings. The summed E-state index contributed by atoms with van der Waals surface area (Å²) >= 11 is 0. The molecule has 0 aliphatic carbocycles. The van der Waals surface area contributed by atoms with Gasteiger partial charge in [-0.1, -0.05) is 0 Å². The Labute approximate surface area is 67.3 Å². The largest absolute Gasteiger partial charge is 0.244 e. The number of hydrogen-bond donors (Lipinski definition) is 0. The zero-order valence-electron chi connectivity index (χ0n) is 4.91. The molecule has 0 unspecified atom stereocenters. The van der Waals surface area contributed by atoms with Crippen molar-refractivity contribution in [1.29, 1.82) is 5.26 Å². The number of aromatic nitrogens is 1. The standard InChI is InChI=1S/C6H3ClN2S/c7-10-6-2-1-5(3-8)9-4-6/h1-2,4H. The Morgan fingerprint density at radius 1 is 1.60 bits per heavy atom. The van der Waals surface area contributed by atoms with E-state index in [-0.39, 0.29) is 0 Å². The molecule has 0 amide bonds. The first kappa shape index (κ1) is 7.39. The molecule has 0 radical (unpaired) electrons. The van der Waals surface area contributed by atoms with Crippen LogP contribution < -0.4 is 0 Å². The second-order valence-corrected chi connectivity index (χ2v) is 2.66. The van der Waals surface area contributed by atoms with E-state index >= 15 is 0 Å². The number of nitriles is 1. The van der Waals surface area contributed by atoms with Gasteiger partial charge in [0, 0.05) is 11.1 Å². The number of halogens is 1. The Morgan fingerprint density at radius 3 is 2.80 bits per heavy atom. The first-order valence-corrected chi connectivity index (χ1v) is 4.16. The van der Waals surface area contributed by atoms with Crippen molar-refractivity contribution in [2.45, 2.75) is 4.90 Å². The normalized spacial score (nSPS) is 8.80. The topological polar surface area (TPSA) is 36.7 Å². The Morgan fingerprint density at radius 2 is 2.40 bits per heavy atom. The summed E-state index contributed by atoms with van der Waals surface area (Å²) in [6.45, 7) is 0. The van der Waals surface area contributed by atoms with E-state index in [9.17, 15) is 0 Å². The minimum atomic E-state index is 0.412. The number of rotatable bonds is 1. The predicted molar refractivity (Wildman–Crippen MR) is 40.7 cm³/mol. The fraction of sp³-hybridized carbons (Fsp3) is 0. The maximum absolute atomic E-state index is 8.35. The SMILES string of the molecule is N#Cc1ccc(SCl)cn1. The van der Waals surface area contributed by atoms with E-state index < -0.39 is 0 Å². The molecule has 1 rings (SSSR count). The van der Waals surface area contributed by atoms with Gasteiger partial charge in [0.2, 0.25) is 0 Å². The van der Waals surface area contributed by atoms with E-state index in [4.69, 9.17) is 15.9 Å². The molecule has 0 fully saturated rings. The smallest absolute Gasteiger partial charge is 0.140 e. The first-order chi connectivity index (χ1) is 4.86. The minimum absolute atomic E-state index is 0.412. The Bertz CT molecular complexity index is 251. The van der Waals surface area contributed by atoms with Crippen molar-refractivity contribution in [1.82, 2.24) is 4.98 Å². The van der Waals surface area contributed by atoms with Crippen LogP contribution in [0.1, 0.15) is 5.69 Å². The highest BCUT2D eigenvalue weighted by Crippen LogP contribution is 2.19. The van der Waals surface area contributed by atoms with Gasteiger partial charge in [0.05, 0.1) is 0 Å². The second kappa shape index (κ2) is 3.45. The van der Waals surface area contributed by atoms with Crippen LogP contribution >= 0.6 is 21.7 Å². The van der Waals surface area contributed by atoms with E-state index in [0.717, 1.165) is 15.9 Å².